The number of carbonyl (C=O) groups is 1. The fraction of sp³-hybridized carbons (Fsp3) is 0.632. The Hall–Kier alpha value is -1.11. The SMILES string of the molecule is CC(C)CNC(=O)[C@H]1CCS(=O)(=O)[C@@H]2CN(Cc3cccc(Cl)c3)C[C@H]12. The first-order valence-electron chi connectivity index (χ1n) is 9.22. The van der Waals surface area contributed by atoms with Crippen LogP contribution in [-0.4, -0.2) is 49.9 Å². The Morgan fingerprint density at radius 1 is 1.35 bits per heavy atom. The molecule has 2 saturated heterocycles. The summed E-state index contributed by atoms with van der Waals surface area (Å²) in [5.41, 5.74) is 1.06. The Morgan fingerprint density at radius 3 is 2.81 bits per heavy atom. The van der Waals surface area contributed by atoms with Crippen molar-refractivity contribution in [1.29, 1.82) is 0 Å². The van der Waals surface area contributed by atoms with Crippen LogP contribution in [0.1, 0.15) is 25.8 Å². The largest absolute Gasteiger partial charge is 0.356 e. The van der Waals surface area contributed by atoms with Crippen LogP contribution in [0.25, 0.3) is 0 Å². The Balaban J connectivity index is 1.73. The highest BCUT2D eigenvalue weighted by Gasteiger charge is 2.50. The van der Waals surface area contributed by atoms with Gasteiger partial charge in [-0.2, -0.15) is 0 Å². The molecule has 5 nitrogen and oxygen atoms in total. The zero-order valence-electron chi connectivity index (χ0n) is 15.3. The smallest absolute Gasteiger partial charge is 0.223 e. The van der Waals surface area contributed by atoms with Gasteiger partial charge < -0.3 is 5.32 Å². The van der Waals surface area contributed by atoms with E-state index in [0.717, 1.165) is 5.56 Å². The van der Waals surface area contributed by atoms with Crippen LogP contribution in [-0.2, 0) is 21.2 Å². The van der Waals surface area contributed by atoms with E-state index < -0.39 is 15.1 Å². The van der Waals surface area contributed by atoms with Gasteiger partial charge in [-0.1, -0.05) is 37.6 Å². The average molecular weight is 399 g/mol. The number of nitrogens with zero attached hydrogens (tertiary/aromatic N) is 1. The quantitative estimate of drug-likeness (QED) is 0.826. The third-order valence-electron chi connectivity index (χ3n) is 5.39. The van der Waals surface area contributed by atoms with Crippen LogP contribution in [0.2, 0.25) is 5.02 Å². The maximum Gasteiger partial charge on any atom is 0.223 e. The van der Waals surface area contributed by atoms with Crippen molar-refractivity contribution in [2.75, 3.05) is 25.4 Å². The molecule has 1 aromatic rings. The zero-order chi connectivity index (χ0) is 18.9. The fourth-order valence-corrected chi connectivity index (χ4v) is 6.43. The molecule has 1 amide bonds. The first kappa shape index (κ1) is 19.6. The van der Waals surface area contributed by atoms with E-state index in [1.54, 1.807) is 0 Å². The molecule has 0 radical (unpaired) electrons. The summed E-state index contributed by atoms with van der Waals surface area (Å²) in [6.45, 7) is 6.52. The minimum absolute atomic E-state index is 0.00760. The number of hydrogen-bond donors (Lipinski definition) is 1. The van der Waals surface area contributed by atoms with Gasteiger partial charge in [-0.25, -0.2) is 8.42 Å². The van der Waals surface area contributed by atoms with Gasteiger partial charge in [0.2, 0.25) is 5.91 Å². The lowest BCUT2D eigenvalue weighted by atomic mass is 9.87. The highest BCUT2D eigenvalue weighted by Crippen LogP contribution is 2.37. The van der Waals surface area contributed by atoms with Crippen LogP contribution >= 0.6 is 11.6 Å². The standard InChI is InChI=1S/C19H27ClN2O3S/c1-13(2)9-21-19(23)16-6-7-26(24,25)18-12-22(11-17(16)18)10-14-4-3-5-15(20)8-14/h3-5,8,13,16-18H,6-7,9-12H2,1-2H3,(H,21,23)/t16-,17+,18+/m0/s1. The van der Waals surface area contributed by atoms with Gasteiger partial charge in [0.05, 0.1) is 11.0 Å². The van der Waals surface area contributed by atoms with Gasteiger partial charge in [0.25, 0.3) is 0 Å². The minimum Gasteiger partial charge on any atom is -0.356 e. The number of likely N-dealkylation sites (tertiary alicyclic amines) is 1. The van der Waals surface area contributed by atoms with E-state index in [-0.39, 0.29) is 23.5 Å². The highest BCUT2D eigenvalue weighted by molar-refractivity contribution is 7.92. The molecule has 0 spiro atoms. The molecule has 2 aliphatic rings. The number of rotatable bonds is 5. The summed E-state index contributed by atoms with van der Waals surface area (Å²) >= 11 is 6.06. The topological polar surface area (TPSA) is 66.5 Å². The lowest BCUT2D eigenvalue weighted by molar-refractivity contribution is -0.126. The number of nitrogens with one attached hydrogen (secondary N) is 1. The highest BCUT2D eigenvalue weighted by atomic mass is 35.5. The van der Waals surface area contributed by atoms with E-state index in [4.69, 9.17) is 11.6 Å². The second-order valence-electron chi connectivity index (χ2n) is 7.93. The number of halogens is 1. The monoisotopic (exact) mass is 398 g/mol. The lowest BCUT2D eigenvalue weighted by Crippen LogP contribution is -2.47. The van der Waals surface area contributed by atoms with E-state index in [9.17, 15) is 13.2 Å². The summed E-state index contributed by atoms with van der Waals surface area (Å²) in [7, 11) is -3.14. The fourth-order valence-electron chi connectivity index (χ4n) is 4.09. The molecule has 26 heavy (non-hydrogen) atoms. The van der Waals surface area contributed by atoms with E-state index in [2.05, 4.69) is 24.1 Å². The summed E-state index contributed by atoms with van der Waals surface area (Å²) in [6.07, 6.45) is 0.429. The van der Waals surface area contributed by atoms with Crippen LogP contribution in [0.3, 0.4) is 0 Å². The molecule has 2 heterocycles. The zero-order valence-corrected chi connectivity index (χ0v) is 16.9. The third kappa shape index (κ3) is 4.41. The van der Waals surface area contributed by atoms with Crippen LogP contribution < -0.4 is 5.32 Å². The lowest BCUT2D eigenvalue weighted by Gasteiger charge is -2.32. The van der Waals surface area contributed by atoms with E-state index in [1.807, 2.05) is 24.3 Å². The number of carbonyl (C=O) groups excluding carboxylic acids is 1. The maximum absolute atomic E-state index is 12.6. The summed E-state index contributed by atoms with van der Waals surface area (Å²) in [5, 5.41) is 3.23. The molecule has 3 atom stereocenters. The van der Waals surface area contributed by atoms with E-state index >= 15 is 0 Å². The van der Waals surface area contributed by atoms with Crippen molar-refractivity contribution in [2.24, 2.45) is 17.8 Å². The number of fused-ring (bicyclic) bond motifs is 1. The average Bonchev–Trinajstić information content (AvgIpc) is 2.97. The molecular weight excluding hydrogens is 372 g/mol. The molecule has 7 heteroatoms. The van der Waals surface area contributed by atoms with Crippen LogP contribution in [0.4, 0.5) is 0 Å². The van der Waals surface area contributed by atoms with Crippen molar-refractivity contribution >= 4 is 27.3 Å². The predicted molar refractivity (Wildman–Crippen MR) is 104 cm³/mol. The normalized spacial score (nSPS) is 28.1. The van der Waals surface area contributed by atoms with Gasteiger partial charge in [0.15, 0.2) is 9.84 Å². The molecule has 2 fully saturated rings. The van der Waals surface area contributed by atoms with Gasteiger partial charge in [0, 0.05) is 43.0 Å². The molecule has 3 rings (SSSR count). The number of sulfone groups is 1. The van der Waals surface area contributed by atoms with Gasteiger partial charge in [0.1, 0.15) is 0 Å². The molecule has 144 valence electrons. The van der Waals surface area contributed by atoms with Crippen LogP contribution in [0, 0.1) is 17.8 Å². The molecule has 2 aliphatic heterocycles. The molecule has 0 unspecified atom stereocenters. The second kappa shape index (κ2) is 7.87. The van der Waals surface area contributed by atoms with Gasteiger partial charge in [-0.05, 0) is 30.0 Å². The Kier molecular flexibility index (Phi) is 5.94. The van der Waals surface area contributed by atoms with Crippen LogP contribution in [0.5, 0.6) is 0 Å². The Morgan fingerprint density at radius 2 is 2.12 bits per heavy atom. The molecule has 1 N–H and O–H groups in total. The van der Waals surface area contributed by atoms with Crippen LogP contribution in [0.15, 0.2) is 24.3 Å². The van der Waals surface area contributed by atoms with Crippen molar-refractivity contribution in [3.8, 4) is 0 Å². The Labute approximate surface area is 161 Å². The van der Waals surface area contributed by atoms with Crippen molar-refractivity contribution in [2.45, 2.75) is 32.1 Å². The van der Waals surface area contributed by atoms with Crippen molar-refractivity contribution < 1.29 is 13.2 Å². The van der Waals surface area contributed by atoms with Crippen molar-refractivity contribution in [1.82, 2.24) is 10.2 Å². The van der Waals surface area contributed by atoms with Gasteiger partial charge >= 0.3 is 0 Å². The summed E-state index contributed by atoms with van der Waals surface area (Å²) in [6, 6.07) is 7.63. The number of benzene rings is 1. The third-order valence-corrected chi connectivity index (χ3v) is 7.85. The molecular formula is C19H27ClN2O3S. The predicted octanol–water partition coefficient (Wildman–Crippen LogP) is 2.35. The number of hydrogen-bond acceptors (Lipinski definition) is 4. The molecule has 0 aliphatic carbocycles. The minimum atomic E-state index is -3.14. The summed E-state index contributed by atoms with van der Waals surface area (Å²) < 4.78 is 25.1. The summed E-state index contributed by atoms with van der Waals surface area (Å²) in [5.74, 6) is 0.156. The van der Waals surface area contributed by atoms with Crippen molar-refractivity contribution in [3.63, 3.8) is 0 Å². The van der Waals surface area contributed by atoms with E-state index in [0.29, 0.717) is 43.5 Å². The van der Waals surface area contributed by atoms with E-state index in [1.165, 1.54) is 0 Å². The number of amides is 1. The Bertz CT molecular complexity index is 766. The second-order valence-corrected chi connectivity index (χ2v) is 10.7. The molecule has 0 aromatic heterocycles. The molecule has 0 saturated carbocycles. The van der Waals surface area contributed by atoms with Gasteiger partial charge in [-0.15, -0.1) is 0 Å². The summed E-state index contributed by atoms with van der Waals surface area (Å²) in [4.78, 5) is 14.8. The van der Waals surface area contributed by atoms with Crippen molar-refractivity contribution in [3.05, 3.63) is 34.9 Å². The first-order chi connectivity index (χ1) is 12.3. The molecule has 0 bridgehead atoms. The van der Waals surface area contributed by atoms with Gasteiger partial charge in [-0.3, -0.25) is 9.69 Å². The first-order valence-corrected chi connectivity index (χ1v) is 11.3. The molecule has 1 aromatic carbocycles. The maximum atomic E-state index is 12.6.